The first-order valence-electron chi connectivity index (χ1n) is 9.30. The molecular formula is C20H20N6O. The molecule has 1 N–H and O–H groups in total. The lowest BCUT2D eigenvalue weighted by atomic mass is 10.1. The zero-order chi connectivity index (χ0) is 18.4. The van der Waals surface area contributed by atoms with Crippen molar-refractivity contribution in [3.05, 3.63) is 53.9 Å². The molecule has 1 aliphatic heterocycles. The quantitative estimate of drug-likeness (QED) is 0.756. The van der Waals surface area contributed by atoms with Gasteiger partial charge in [-0.15, -0.1) is 10.2 Å². The van der Waals surface area contributed by atoms with Crippen molar-refractivity contribution in [1.82, 2.24) is 19.7 Å². The van der Waals surface area contributed by atoms with Gasteiger partial charge in [-0.3, -0.25) is 9.69 Å². The van der Waals surface area contributed by atoms with Gasteiger partial charge < -0.3 is 9.88 Å². The summed E-state index contributed by atoms with van der Waals surface area (Å²) in [6, 6.07) is 12.1. The van der Waals surface area contributed by atoms with Crippen LogP contribution in [0.5, 0.6) is 0 Å². The standard InChI is InChI=1S/C20H20N6O/c1-2-21-14-6-9-16-13(10-14)11-25(20(16)27)18-5-3-4-17(23-18)19-24-22-12-26(19)15-7-8-15/h3-6,9-10,12,15,21H,2,7-8,11H2,1H3. The molecule has 0 saturated heterocycles. The van der Waals surface area contributed by atoms with Gasteiger partial charge in [-0.1, -0.05) is 6.07 Å². The molecule has 0 unspecified atom stereocenters. The average molecular weight is 360 g/mol. The van der Waals surface area contributed by atoms with Gasteiger partial charge in [-0.25, -0.2) is 4.98 Å². The molecular weight excluding hydrogens is 340 g/mol. The van der Waals surface area contributed by atoms with Crippen molar-refractivity contribution in [2.75, 3.05) is 16.8 Å². The number of hydrogen-bond donors (Lipinski definition) is 1. The molecule has 7 nitrogen and oxygen atoms in total. The van der Waals surface area contributed by atoms with Crippen LogP contribution in [-0.4, -0.2) is 32.2 Å². The van der Waals surface area contributed by atoms with Crippen LogP contribution in [0.4, 0.5) is 11.5 Å². The predicted octanol–water partition coefficient (Wildman–Crippen LogP) is 3.27. The Labute approximate surface area is 157 Å². The van der Waals surface area contributed by atoms with Crippen molar-refractivity contribution in [2.45, 2.75) is 32.4 Å². The summed E-state index contributed by atoms with van der Waals surface area (Å²) in [5, 5.41) is 11.6. The Morgan fingerprint density at radius 3 is 2.93 bits per heavy atom. The molecule has 1 aromatic carbocycles. The van der Waals surface area contributed by atoms with Gasteiger partial charge in [0.1, 0.15) is 17.8 Å². The largest absolute Gasteiger partial charge is 0.385 e. The van der Waals surface area contributed by atoms with Crippen molar-refractivity contribution in [2.24, 2.45) is 0 Å². The fraction of sp³-hybridized carbons (Fsp3) is 0.300. The molecule has 0 radical (unpaired) electrons. The monoisotopic (exact) mass is 360 g/mol. The maximum absolute atomic E-state index is 12.9. The second-order valence-electron chi connectivity index (χ2n) is 6.97. The number of benzene rings is 1. The van der Waals surface area contributed by atoms with Crippen LogP contribution in [0.15, 0.2) is 42.7 Å². The molecule has 136 valence electrons. The Bertz CT molecular complexity index is 1020. The van der Waals surface area contributed by atoms with Crippen molar-refractivity contribution < 1.29 is 4.79 Å². The number of carbonyl (C=O) groups excluding carboxylic acids is 1. The molecule has 1 saturated carbocycles. The summed E-state index contributed by atoms with van der Waals surface area (Å²) in [6.45, 7) is 3.43. The maximum Gasteiger partial charge on any atom is 0.260 e. The number of fused-ring (bicyclic) bond motifs is 1. The summed E-state index contributed by atoms with van der Waals surface area (Å²) in [6.07, 6.45) is 4.07. The molecule has 0 spiro atoms. The third-order valence-electron chi connectivity index (χ3n) is 5.04. The minimum absolute atomic E-state index is 0.0126. The van der Waals surface area contributed by atoms with Gasteiger partial charge >= 0.3 is 0 Å². The van der Waals surface area contributed by atoms with Crippen LogP contribution in [0.25, 0.3) is 11.5 Å². The van der Waals surface area contributed by atoms with Gasteiger partial charge in [-0.2, -0.15) is 0 Å². The van der Waals surface area contributed by atoms with E-state index in [9.17, 15) is 4.79 Å². The van der Waals surface area contributed by atoms with E-state index in [-0.39, 0.29) is 5.91 Å². The van der Waals surface area contributed by atoms with Crippen molar-refractivity contribution in [1.29, 1.82) is 0 Å². The molecule has 0 bridgehead atoms. The summed E-state index contributed by atoms with van der Waals surface area (Å²) in [7, 11) is 0. The van der Waals surface area contributed by atoms with E-state index in [1.165, 1.54) is 0 Å². The third kappa shape index (κ3) is 2.75. The van der Waals surface area contributed by atoms with E-state index in [0.29, 0.717) is 18.4 Å². The predicted molar refractivity (Wildman–Crippen MR) is 103 cm³/mol. The second-order valence-corrected chi connectivity index (χ2v) is 6.97. The van der Waals surface area contributed by atoms with Crippen LogP contribution in [-0.2, 0) is 6.54 Å². The van der Waals surface area contributed by atoms with E-state index in [1.54, 1.807) is 11.2 Å². The zero-order valence-electron chi connectivity index (χ0n) is 15.1. The highest BCUT2D eigenvalue weighted by molar-refractivity contribution is 6.09. The van der Waals surface area contributed by atoms with Crippen molar-refractivity contribution in [3.63, 3.8) is 0 Å². The number of nitrogens with zero attached hydrogens (tertiary/aromatic N) is 5. The Morgan fingerprint density at radius 1 is 1.22 bits per heavy atom. The minimum atomic E-state index is -0.0126. The highest BCUT2D eigenvalue weighted by Gasteiger charge is 2.31. The first-order valence-corrected chi connectivity index (χ1v) is 9.30. The number of amides is 1. The van der Waals surface area contributed by atoms with Crippen molar-refractivity contribution >= 4 is 17.4 Å². The number of hydrogen-bond acceptors (Lipinski definition) is 5. The number of carbonyl (C=O) groups is 1. The molecule has 5 rings (SSSR count). The van der Waals surface area contributed by atoms with Gasteiger partial charge in [0.15, 0.2) is 5.82 Å². The fourth-order valence-electron chi connectivity index (χ4n) is 3.56. The SMILES string of the molecule is CCNc1ccc2c(c1)CN(c1cccc(-c3nncn3C3CC3)n1)C2=O. The lowest BCUT2D eigenvalue weighted by Crippen LogP contribution is -2.24. The topological polar surface area (TPSA) is 75.9 Å². The Balaban J connectivity index is 1.47. The zero-order valence-corrected chi connectivity index (χ0v) is 15.1. The van der Waals surface area contributed by atoms with Gasteiger partial charge in [0.05, 0.1) is 6.54 Å². The molecule has 7 heteroatoms. The van der Waals surface area contributed by atoms with Crippen LogP contribution < -0.4 is 10.2 Å². The lowest BCUT2D eigenvalue weighted by Gasteiger charge is -2.15. The Morgan fingerprint density at radius 2 is 2.11 bits per heavy atom. The van der Waals surface area contributed by atoms with E-state index in [0.717, 1.165) is 47.7 Å². The molecule has 1 amide bonds. The van der Waals surface area contributed by atoms with Crippen LogP contribution in [0.2, 0.25) is 0 Å². The first kappa shape index (κ1) is 16.0. The molecule has 3 aromatic rings. The number of pyridine rings is 1. The smallest absolute Gasteiger partial charge is 0.260 e. The highest BCUT2D eigenvalue weighted by Crippen LogP contribution is 2.37. The van der Waals surface area contributed by atoms with Crippen LogP contribution in [0.1, 0.15) is 41.7 Å². The van der Waals surface area contributed by atoms with Crippen LogP contribution >= 0.6 is 0 Å². The summed E-state index contributed by atoms with van der Waals surface area (Å²) < 4.78 is 2.08. The van der Waals surface area contributed by atoms with Crippen molar-refractivity contribution in [3.8, 4) is 11.5 Å². The van der Waals surface area contributed by atoms with E-state index in [4.69, 9.17) is 4.98 Å². The molecule has 2 aromatic heterocycles. The Hall–Kier alpha value is -3.22. The maximum atomic E-state index is 12.9. The lowest BCUT2D eigenvalue weighted by molar-refractivity contribution is 0.0996. The van der Waals surface area contributed by atoms with E-state index in [2.05, 4.69) is 27.0 Å². The van der Waals surface area contributed by atoms with E-state index >= 15 is 0 Å². The fourth-order valence-corrected chi connectivity index (χ4v) is 3.56. The summed E-state index contributed by atoms with van der Waals surface area (Å²) in [5.41, 5.74) is 3.54. The number of aromatic nitrogens is 4. The summed E-state index contributed by atoms with van der Waals surface area (Å²) in [4.78, 5) is 19.3. The molecule has 2 aliphatic rings. The minimum Gasteiger partial charge on any atom is -0.385 e. The van der Waals surface area contributed by atoms with E-state index in [1.807, 2.05) is 36.4 Å². The molecule has 0 atom stereocenters. The molecule has 3 heterocycles. The summed E-state index contributed by atoms with van der Waals surface area (Å²) in [5.74, 6) is 1.39. The normalized spacial score (nSPS) is 15.9. The number of nitrogens with one attached hydrogen (secondary N) is 1. The van der Waals surface area contributed by atoms with Gasteiger partial charge in [0.25, 0.3) is 5.91 Å². The van der Waals surface area contributed by atoms with Gasteiger partial charge in [0.2, 0.25) is 0 Å². The van der Waals surface area contributed by atoms with Gasteiger partial charge in [0, 0.05) is 23.8 Å². The molecule has 27 heavy (non-hydrogen) atoms. The van der Waals surface area contributed by atoms with Crippen LogP contribution in [0, 0.1) is 0 Å². The highest BCUT2D eigenvalue weighted by atomic mass is 16.2. The second kappa shape index (κ2) is 6.19. The number of rotatable bonds is 5. The number of anilines is 2. The third-order valence-corrected chi connectivity index (χ3v) is 5.04. The van der Waals surface area contributed by atoms with Crippen LogP contribution in [0.3, 0.4) is 0 Å². The van der Waals surface area contributed by atoms with E-state index < -0.39 is 0 Å². The molecule has 1 fully saturated rings. The Kier molecular flexibility index (Phi) is 3.67. The molecule has 1 aliphatic carbocycles. The first-order chi connectivity index (χ1) is 13.2. The average Bonchev–Trinajstić information content (AvgIpc) is 3.32. The van der Waals surface area contributed by atoms with Gasteiger partial charge in [-0.05, 0) is 55.7 Å². The summed E-state index contributed by atoms with van der Waals surface area (Å²) >= 11 is 0.